The summed E-state index contributed by atoms with van der Waals surface area (Å²) in [7, 11) is 0. The van der Waals surface area contributed by atoms with Crippen LogP contribution >= 0.6 is 0 Å². The summed E-state index contributed by atoms with van der Waals surface area (Å²) < 4.78 is 0. The van der Waals surface area contributed by atoms with Crippen molar-refractivity contribution >= 4 is 17.5 Å². The number of hydrogen-bond donors (Lipinski definition) is 2. The fourth-order valence-electron chi connectivity index (χ4n) is 3.02. The number of nitrogens with one attached hydrogen (secondary N) is 2. The number of amides is 2. The molecule has 0 saturated heterocycles. The van der Waals surface area contributed by atoms with Crippen molar-refractivity contribution in [2.24, 2.45) is 17.8 Å². The van der Waals surface area contributed by atoms with Crippen molar-refractivity contribution in [1.82, 2.24) is 10.3 Å². The van der Waals surface area contributed by atoms with Crippen LogP contribution in [0.3, 0.4) is 0 Å². The van der Waals surface area contributed by atoms with Crippen LogP contribution in [0.15, 0.2) is 36.7 Å². The third-order valence-corrected chi connectivity index (χ3v) is 3.98. The molecular formula is C15H17N3O2. The largest absolute Gasteiger partial charge is 0.347 e. The SMILES string of the molecule is O=C(CNC(=O)[C@H]1C[C@H]2C=C[C@H]1C2)Nc1cccnc1. The van der Waals surface area contributed by atoms with Crippen LogP contribution in [0.25, 0.3) is 0 Å². The summed E-state index contributed by atoms with van der Waals surface area (Å²) in [6.07, 6.45) is 9.54. The second-order valence-corrected chi connectivity index (χ2v) is 5.39. The highest BCUT2D eigenvalue weighted by Gasteiger charge is 2.39. The Bertz CT molecular complexity index is 541. The zero-order valence-electron chi connectivity index (χ0n) is 11.1. The topological polar surface area (TPSA) is 71.1 Å². The van der Waals surface area contributed by atoms with Crippen molar-refractivity contribution in [3.05, 3.63) is 36.7 Å². The van der Waals surface area contributed by atoms with Crippen molar-refractivity contribution in [1.29, 1.82) is 0 Å². The van der Waals surface area contributed by atoms with Crippen LogP contribution in [0.1, 0.15) is 12.8 Å². The summed E-state index contributed by atoms with van der Waals surface area (Å²) in [5.74, 6) is 0.714. The average molecular weight is 271 g/mol. The van der Waals surface area contributed by atoms with Crippen molar-refractivity contribution in [3.8, 4) is 0 Å². The van der Waals surface area contributed by atoms with E-state index in [4.69, 9.17) is 0 Å². The molecule has 3 rings (SSSR count). The average Bonchev–Trinajstić information content (AvgIpc) is 3.08. The number of carbonyl (C=O) groups is 2. The Morgan fingerprint density at radius 1 is 1.30 bits per heavy atom. The highest BCUT2D eigenvalue weighted by Crippen LogP contribution is 2.43. The quantitative estimate of drug-likeness (QED) is 0.812. The number of hydrogen-bond acceptors (Lipinski definition) is 3. The fraction of sp³-hybridized carbons (Fsp3) is 0.400. The van der Waals surface area contributed by atoms with Crippen LogP contribution in [0, 0.1) is 17.8 Å². The van der Waals surface area contributed by atoms with Crippen molar-refractivity contribution < 1.29 is 9.59 Å². The van der Waals surface area contributed by atoms with Gasteiger partial charge in [0.2, 0.25) is 11.8 Å². The van der Waals surface area contributed by atoms with Gasteiger partial charge in [-0.3, -0.25) is 14.6 Å². The van der Waals surface area contributed by atoms with E-state index in [1.165, 1.54) is 0 Å². The van der Waals surface area contributed by atoms with Crippen molar-refractivity contribution in [2.45, 2.75) is 12.8 Å². The normalized spacial score (nSPS) is 26.5. The lowest BCUT2D eigenvalue weighted by atomic mass is 9.93. The number of anilines is 1. The molecule has 3 atom stereocenters. The Morgan fingerprint density at radius 3 is 2.85 bits per heavy atom. The second-order valence-electron chi connectivity index (χ2n) is 5.39. The summed E-state index contributed by atoms with van der Waals surface area (Å²) in [6.45, 7) is 0.00529. The van der Waals surface area contributed by atoms with E-state index < -0.39 is 0 Å². The van der Waals surface area contributed by atoms with E-state index in [1.807, 2.05) is 0 Å². The van der Waals surface area contributed by atoms with Crippen LogP contribution in [-0.2, 0) is 9.59 Å². The van der Waals surface area contributed by atoms with Gasteiger partial charge in [0, 0.05) is 12.1 Å². The highest BCUT2D eigenvalue weighted by molar-refractivity contribution is 5.94. The van der Waals surface area contributed by atoms with Crippen molar-refractivity contribution in [2.75, 3.05) is 11.9 Å². The predicted octanol–water partition coefficient (Wildman–Crippen LogP) is 1.35. The molecule has 0 unspecified atom stereocenters. The zero-order valence-corrected chi connectivity index (χ0v) is 11.1. The first-order chi connectivity index (χ1) is 9.72. The van der Waals surface area contributed by atoms with Gasteiger partial charge in [0.05, 0.1) is 18.4 Å². The van der Waals surface area contributed by atoms with E-state index in [1.54, 1.807) is 24.5 Å². The Labute approximate surface area is 117 Å². The Kier molecular flexibility index (Phi) is 3.50. The summed E-state index contributed by atoms with van der Waals surface area (Å²) in [5.41, 5.74) is 0.634. The minimum atomic E-state index is -0.231. The van der Waals surface area contributed by atoms with E-state index >= 15 is 0 Å². The lowest BCUT2D eigenvalue weighted by molar-refractivity contribution is -0.127. The molecule has 1 aromatic rings. The first-order valence-electron chi connectivity index (χ1n) is 6.88. The van der Waals surface area contributed by atoms with Gasteiger partial charge < -0.3 is 10.6 Å². The standard InChI is InChI=1S/C15H17N3O2/c19-14(18-12-2-1-5-16-8-12)9-17-15(20)13-7-10-3-4-11(13)6-10/h1-5,8,10-11,13H,6-7,9H2,(H,17,20)(H,18,19)/t10-,11-,13-/m0/s1. The van der Waals surface area contributed by atoms with E-state index in [0.717, 1.165) is 12.8 Å². The molecule has 1 aromatic heterocycles. The van der Waals surface area contributed by atoms with Crippen LogP contribution in [0.2, 0.25) is 0 Å². The third-order valence-electron chi connectivity index (χ3n) is 3.98. The highest BCUT2D eigenvalue weighted by atomic mass is 16.2. The lowest BCUT2D eigenvalue weighted by Crippen LogP contribution is -2.38. The molecule has 2 N–H and O–H groups in total. The Hall–Kier alpha value is -2.17. The first kappa shape index (κ1) is 12.8. The number of allylic oxidation sites excluding steroid dienone is 2. The summed E-state index contributed by atoms with van der Waals surface area (Å²) in [6, 6.07) is 3.50. The van der Waals surface area contributed by atoms with Gasteiger partial charge in [-0.1, -0.05) is 12.2 Å². The van der Waals surface area contributed by atoms with Gasteiger partial charge in [-0.25, -0.2) is 0 Å². The zero-order chi connectivity index (χ0) is 13.9. The summed E-state index contributed by atoms with van der Waals surface area (Å²) in [5, 5.41) is 5.42. The number of pyridine rings is 1. The summed E-state index contributed by atoms with van der Waals surface area (Å²) >= 11 is 0. The molecule has 0 aliphatic heterocycles. The van der Waals surface area contributed by atoms with E-state index in [9.17, 15) is 9.59 Å². The molecule has 1 fully saturated rings. The Morgan fingerprint density at radius 2 is 2.20 bits per heavy atom. The van der Waals surface area contributed by atoms with Gasteiger partial charge in [0.1, 0.15) is 0 Å². The van der Waals surface area contributed by atoms with Gasteiger partial charge in [-0.2, -0.15) is 0 Å². The molecule has 2 amide bonds. The van der Waals surface area contributed by atoms with Crippen molar-refractivity contribution in [3.63, 3.8) is 0 Å². The van der Waals surface area contributed by atoms with Gasteiger partial charge in [-0.05, 0) is 36.8 Å². The molecule has 20 heavy (non-hydrogen) atoms. The predicted molar refractivity (Wildman–Crippen MR) is 74.7 cm³/mol. The molecular weight excluding hydrogens is 254 g/mol. The van der Waals surface area contributed by atoms with Gasteiger partial charge in [0.15, 0.2) is 0 Å². The number of fused-ring (bicyclic) bond motifs is 2. The minimum absolute atomic E-state index is 0.00529. The maximum absolute atomic E-state index is 12.1. The maximum atomic E-state index is 12.1. The molecule has 0 radical (unpaired) electrons. The minimum Gasteiger partial charge on any atom is -0.347 e. The Balaban J connectivity index is 1.46. The van der Waals surface area contributed by atoms with Crippen LogP contribution in [-0.4, -0.2) is 23.3 Å². The molecule has 0 spiro atoms. The molecule has 2 aliphatic carbocycles. The van der Waals surface area contributed by atoms with E-state index in [2.05, 4.69) is 27.8 Å². The molecule has 104 valence electrons. The van der Waals surface area contributed by atoms with E-state index in [0.29, 0.717) is 17.5 Å². The number of aromatic nitrogens is 1. The molecule has 5 heteroatoms. The third kappa shape index (κ3) is 2.71. The smallest absolute Gasteiger partial charge is 0.243 e. The monoisotopic (exact) mass is 271 g/mol. The molecule has 5 nitrogen and oxygen atoms in total. The van der Waals surface area contributed by atoms with Crippen LogP contribution in [0.4, 0.5) is 5.69 Å². The van der Waals surface area contributed by atoms with Crippen LogP contribution in [0.5, 0.6) is 0 Å². The number of rotatable bonds is 4. The fourth-order valence-corrected chi connectivity index (χ4v) is 3.02. The lowest BCUT2D eigenvalue weighted by Gasteiger charge is -2.17. The van der Waals surface area contributed by atoms with Gasteiger partial charge >= 0.3 is 0 Å². The number of nitrogens with zero attached hydrogens (tertiary/aromatic N) is 1. The van der Waals surface area contributed by atoms with Gasteiger partial charge in [0.25, 0.3) is 0 Å². The van der Waals surface area contributed by atoms with E-state index in [-0.39, 0.29) is 24.3 Å². The first-order valence-corrected chi connectivity index (χ1v) is 6.88. The molecule has 2 bridgehead atoms. The molecule has 0 aromatic carbocycles. The second kappa shape index (κ2) is 5.45. The molecule has 2 aliphatic rings. The van der Waals surface area contributed by atoms with Crippen LogP contribution < -0.4 is 10.6 Å². The number of carbonyl (C=O) groups excluding carboxylic acids is 2. The molecule has 1 saturated carbocycles. The molecule has 1 heterocycles. The maximum Gasteiger partial charge on any atom is 0.243 e. The van der Waals surface area contributed by atoms with Gasteiger partial charge in [-0.15, -0.1) is 0 Å². The summed E-state index contributed by atoms with van der Waals surface area (Å²) in [4.78, 5) is 27.7.